The summed E-state index contributed by atoms with van der Waals surface area (Å²) in [5, 5.41) is 3.03. The van der Waals surface area contributed by atoms with Gasteiger partial charge in [-0.05, 0) is 61.1 Å². The van der Waals surface area contributed by atoms with Crippen LogP contribution in [0.3, 0.4) is 0 Å². The first-order valence-corrected chi connectivity index (χ1v) is 7.18. The van der Waals surface area contributed by atoms with Crippen LogP contribution in [0.5, 0.6) is 0 Å². The molecule has 3 rings (SSSR count). The lowest BCUT2D eigenvalue weighted by Crippen LogP contribution is -2.27. The second-order valence-corrected chi connectivity index (χ2v) is 5.73. The van der Waals surface area contributed by atoms with E-state index < -0.39 is 0 Å². The van der Waals surface area contributed by atoms with E-state index in [2.05, 4.69) is 23.5 Å². The van der Waals surface area contributed by atoms with Crippen LogP contribution in [-0.4, -0.2) is 12.5 Å². The van der Waals surface area contributed by atoms with Crippen molar-refractivity contribution in [2.24, 2.45) is 5.92 Å². The standard InChI is InChI=1S/C16H21NO/c18-16(17-11-12-5-6-12)10-13-7-8-14-3-1-2-4-15(14)9-13/h7-9,12H,1-6,10-11H2,(H,17,18). The fourth-order valence-electron chi connectivity index (χ4n) is 2.72. The lowest BCUT2D eigenvalue weighted by Gasteiger charge is -2.16. The van der Waals surface area contributed by atoms with Gasteiger partial charge in [-0.3, -0.25) is 4.79 Å². The van der Waals surface area contributed by atoms with Crippen LogP contribution >= 0.6 is 0 Å². The second kappa shape index (κ2) is 5.13. The predicted octanol–water partition coefficient (Wildman–Crippen LogP) is 2.63. The van der Waals surface area contributed by atoms with Crippen LogP contribution in [0.4, 0.5) is 0 Å². The van der Waals surface area contributed by atoms with Gasteiger partial charge >= 0.3 is 0 Å². The molecule has 96 valence electrons. The molecule has 1 fully saturated rings. The Hall–Kier alpha value is -1.31. The molecule has 0 radical (unpaired) electrons. The lowest BCUT2D eigenvalue weighted by molar-refractivity contribution is -0.120. The van der Waals surface area contributed by atoms with Crippen molar-refractivity contribution in [2.45, 2.75) is 44.9 Å². The third-order valence-corrected chi connectivity index (χ3v) is 4.06. The first-order valence-electron chi connectivity index (χ1n) is 7.18. The molecule has 1 N–H and O–H groups in total. The van der Waals surface area contributed by atoms with Crippen molar-refractivity contribution < 1.29 is 4.79 Å². The quantitative estimate of drug-likeness (QED) is 0.865. The van der Waals surface area contributed by atoms with Crippen LogP contribution in [0, 0.1) is 5.92 Å². The highest BCUT2D eigenvalue weighted by Gasteiger charge is 2.21. The van der Waals surface area contributed by atoms with Gasteiger partial charge in [0.2, 0.25) is 5.91 Å². The van der Waals surface area contributed by atoms with E-state index in [1.807, 2.05) is 0 Å². The maximum absolute atomic E-state index is 11.8. The number of aryl methyl sites for hydroxylation is 2. The highest BCUT2D eigenvalue weighted by Crippen LogP contribution is 2.27. The molecule has 0 bridgehead atoms. The molecule has 18 heavy (non-hydrogen) atoms. The molecule has 2 nitrogen and oxygen atoms in total. The number of nitrogens with one attached hydrogen (secondary N) is 1. The molecule has 0 saturated heterocycles. The molecule has 0 spiro atoms. The van der Waals surface area contributed by atoms with Crippen LogP contribution in [0.2, 0.25) is 0 Å². The monoisotopic (exact) mass is 243 g/mol. The Morgan fingerprint density at radius 3 is 2.72 bits per heavy atom. The highest BCUT2D eigenvalue weighted by molar-refractivity contribution is 5.78. The fraction of sp³-hybridized carbons (Fsp3) is 0.562. The minimum atomic E-state index is 0.178. The Morgan fingerprint density at radius 1 is 1.17 bits per heavy atom. The third kappa shape index (κ3) is 2.92. The van der Waals surface area contributed by atoms with Gasteiger partial charge in [-0.25, -0.2) is 0 Å². The van der Waals surface area contributed by atoms with Gasteiger partial charge in [0.25, 0.3) is 0 Å². The minimum Gasteiger partial charge on any atom is -0.356 e. The number of benzene rings is 1. The largest absolute Gasteiger partial charge is 0.356 e. The highest BCUT2D eigenvalue weighted by atomic mass is 16.1. The first kappa shape index (κ1) is 11.8. The van der Waals surface area contributed by atoms with E-state index >= 15 is 0 Å². The van der Waals surface area contributed by atoms with Crippen molar-refractivity contribution in [1.82, 2.24) is 5.32 Å². The minimum absolute atomic E-state index is 0.178. The Morgan fingerprint density at radius 2 is 1.94 bits per heavy atom. The van der Waals surface area contributed by atoms with E-state index in [-0.39, 0.29) is 5.91 Å². The summed E-state index contributed by atoms with van der Waals surface area (Å²) in [7, 11) is 0. The lowest BCUT2D eigenvalue weighted by atomic mass is 9.90. The predicted molar refractivity (Wildman–Crippen MR) is 72.5 cm³/mol. The van der Waals surface area contributed by atoms with Gasteiger partial charge in [-0.15, -0.1) is 0 Å². The molecule has 0 heterocycles. The Labute approximate surface area is 109 Å². The second-order valence-electron chi connectivity index (χ2n) is 5.73. The van der Waals surface area contributed by atoms with Crippen LogP contribution in [0.15, 0.2) is 18.2 Å². The average Bonchev–Trinajstić information content (AvgIpc) is 3.20. The molecular formula is C16H21NO. The van der Waals surface area contributed by atoms with Crippen molar-refractivity contribution in [2.75, 3.05) is 6.54 Å². The van der Waals surface area contributed by atoms with Crippen LogP contribution in [0.1, 0.15) is 42.4 Å². The normalized spacial score (nSPS) is 18.2. The van der Waals surface area contributed by atoms with E-state index in [4.69, 9.17) is 0 Å². The number of amides is 1. The topological polar surface area (TPSA) is 29.1 Å². The van der Waals surface area contributed by atoms with Gasteiger partial charge < -0.3 is 5.32 Å². The summed E-state index contributed by atoms with van der Waals surface area (Å²) in [6.45, 7) is 0.879. The number of carbonyl (C=O) groups is 1. The van der Waals surface area contributed by atoms with Crippen molar-refractivity contribution in [3.8, 4) is 0 Å². The average molecular weight is 243 g/mol. The third-order valence-electron chi connectivity index (χ3n) is 4.06. The fourth-order valence-corrected chi connectivity index (χ4v) is 2.72. The van der Waals surface area contributed by atoms with E-state index in [1.165, 1.54) is 55.2 Å². The maximum Gasteiger partial charge on any atom is 0.224 e. The molecule has 0 unspecified atom stereocenters. The van der Waals surface area contributed by atoms with E-state index in [9.17, 15) is 4.79 Å². The Kier molecular flexibility index (Phi) is 3.35. The van der Waals surface area contributed by atoms with Gasteiger partial charge in [0, 0.05) is 6.54 Å². The number of hydrogen-bond acceptors (Lipinski definition) is 1. The number of carbonyl (C=O) groups excluding carboxylic acids is 1. The van der Waals surface area contributed by atoms with Gasteiger partial charge in [-0.1, -0.05) is 18.2 Å². The zero-order valence-electron chi connectivity index (χ0n) is 10.9. The molecule has 1 saturated carbocycles. The summed E-state index contributed by atoms with van der Waals surface area (Å²) in [5.74, 6) is 0.940. The van der Waals surface area contributed by atoms with Gasteiger partial charge in [0.05, 0.1) is 6.42 Å². The summed E-state index contributed by atoms with van der Waals surface area (Å²) in [4.78, 5) is 11.8. The summed E-state index contributed by atoms with van der Waals surface area (Å²) in [5.41, 5.74) is 4.13. The van der Waals surface area contributed by atoms with Crippen LogP contribution in [-0.2, 0) is 24.1 Å². The Bertz CT molecular complexity index is 448. The molecule has 1 aromatic rings. The summed E-state index contributed by atoms with van der Waals surface area (Å²) < 4.78 is 0. The van der Waals surface area contributed by atoms with Crippen LogP contribution < -0.4 is 5.32 Å². The zero-order valence-corrected chi connectivity index (χ0v) is 10.9. The van der Waals surface area contributed by atoms with Crippen molar-refractivity contribution in [3.05, 3.63) is 34.9 Å². The summed E-state index contributed by atoms with van der Waals surface area (Å²) >= 11 is 0. The summed E-state index contributed by atoms with van der Waals surface area (Å²) in [6, 6.07) is 6.59. The maximum atomic E-state index is 11.8. The van der Waals surface area contributed by atoms with Gasteiger partial charge in [-0.2, -0.15) is 0 Å². The molecule has 2 heteroatoms. The van der Waals surface area contributed by atoms with Crippen molar-refractivity contribution in [3.63, 3.8) is 0 Å². The number of fused-ring (bicyclic) bond motifs is 1. The first-order chi connectivity index (χ1) is 8.81. The summed E-state index contributed by atoms with van der Waals surface area (Å²) in [6.07, 6.45) is 8.13. The molecule has 0 atom stereocenters. The molecule has 0 aliphatic heterocycles. The smallest absolute Gasteiger partial charge is 0.224 e. The van der Waals surface area contributed by atoms with E-state index in [0.29, 0.717) is 6.42 Å². The molecule has 1 amide bonds. The molecular weight excluding hydrogens is 222 g/mol. The van der Waals surface area contributed by atoms with E-state index in [1.54, 1.807) is 0 Å². The van der Waals surface area contributed by atoms with Crippen molar-refractivity contribution in [1.29, 1.82) is 0 Å². The van der Waals surface area contributed by atoms with Gasteiger partial charge in [0.1, 0.15) is 0 Å². The SMILES string of the molecule is O=C(Cc1ccc2c(c1)CCCC2)NCC1CC1. The molecule has 2 aliphatic rings. The number of hydrogen-bond donors (Lipinski definition) is 1. The number of rotatable bonds is 4. The van der Waals surface area contributed by atoms with Gasteiger partial charge in [0.15, 0.2) is 0 Å². The Balaban J connectivity index is 1.59. The molecule has 0 aromatic heterocycles. The van der Waals surface area contributed by atoms with Crippen LogP contribution in [0.25, 0.3) is 0 Å². The van der Waals surface area contributed by atoms with E-state index in [0.717, 1.165) is 12.5 Å². The zero-order chi connectivity index (χ0) is 12.4. The van der Waals surface area contributed by atoms with Crippen molar-refractivity contribution >= 4 is 5.91 Å². The molecule has 1 aromatic carbocycles. The molecule has 2 aliphatic carbocycles.